The normalized spacial score (nSPS) is 16.4. The number of carbonyl (C=O) groups is 1. The number of rotatable bonds is 6. The highest BCUT2D eigenvalue weighted by Crippen LogP contribution is 2.27. The number of benzene rings is 1. The second-order valence-electron chi connectivity index (χ2n) is 6.96. The Morgan fingerprint density at radius 1 is 1.21 bits per heavy atom. The number of nitrogens with one attached hydrogen (secondary N) is 1. The quantitative estimate of drug-likeness (QED) is 0.683. The lowest BCUT2D eigenvalue weighted by Crippen LogP contribution is -2.41. The molecule has 1 atom stereocenters. The van der Waals surface area contributed by atoms with E-state index in [-0.39, 0.29) is 11.8 Å². The van der Waals surface area contributed by atoms with Crippen LogP contribution in [0.2, 0.25) is 0 Å². The highest BCUT2D eigenvalue weighted by atomic mass is 16.5. The van der Waals surface area contributed by atoms with Crippen LogP contribution in [0, 0.1) is 5.92 Å². The van der Waals surface area contributed by atoms with E-state index >= 15 is 0 Å². The molecule has 0 aliphatic carbocycles. The van der Waals surface area contributed by atoms with Crippen LogP contribution in [-0.2, 0) is 4.79 Å². The number of amides is 1. The topological polar surface area (TPSA) is 80.5 Å². The van der Waals surface area contributed by atoms with Crippen molar-refractivity contribution < 1.29 is 13.9 Å². The SMILES string of the molecule is CCOc1ccccc1NC(=O)C1CCCN(c2ccc(-c3ccco3)nn2)C1. The molecule has 1 aliphatic heterocycles. The average Bonchev–Trinajstić information content (AvgIpc) is 3.30. The molecule has 1 N–H and O–H groups in total. The molecule has 7 nitrogen and oxygen atoms in total. The molecule has 3 heterocycles. The second-order valence-corrected chi connectivity index (χ2v) is 6.96. The van der Waals surface area contributed by atoms with Crippen LogP contribution in [0.1, 0.15) is 19.8 Å². The zero-order valence-corrected chi connectivity index (χ0v) is 16.4. The molecule has 4 rings (SSSR count). The van der Waals surface area contributed by atoms with Crippen molar-refractivity contribution in [3.05, 3.63) is 54.8 Å². The number of aromatic nitrogens is 2. The van der Waals surface area contributed by atoms with E-state index in [1.165, 1.54) is 0 Å². The number of carbonyl (C=O) groups excluding carboxylic acids is 1. The van der Waals surface area contributed by atoms with Gasteiger partial charge in [0.2, 0.25) is 5.91 Å². The molecule has 0 spiro atoms. The van der Waals surface area contributed by atoms with Crippen LogP contribution in [0.3, 0.4) is 0 Å². The molecule has 7 heteroatoms. The van der Waals surface area contributed by atoms with Crippen molar-refractivity contribution in [2.75, 3.05) is 29.9 Å². The fourth-order valence-corrected chi connectivity index (χ4v) is 3.53. The third-order valence-electron chi connectivity index (χ3n) is 4.99. The zero-order chi connectivity index (χ0) is 20.1. The van der Waals surface area contributed by atoms with Gasteiger partial charge in [-0.05, 0) is 56.2 Å². The first-order valence-electron chi connectivity index (χ1n) is 9.90. The van der Waals surface area contributed by atoms with Crippen LogP contribution in [0.25, 0.3) is 11.5 Å². The second kappa shape index (κ2) is 8.77. The first-order chi connectivity index (χ1) is 14.2. The Kier molecular flexibility index (Phi) is 5.74. The highest BCUT2D eigenvalue weighted by molar-refractivity contribution is 5.94. The molecule has 3 aromatic rings. The van der Waals surface area contributed by atoms with E-state index in [4.69, 9.17) is 9.15 Å². The maximum absolute atomic E-state index is 12.9. The van der Waals surface area contributed by atoms with Crippen LogP contribution in [0.15, 0.2) is 59.2 Å². The van der Waals surface area contributed by atoms with Crippen molar-refractivity contribution >= 4 is 17.4 Å². The van der Waals surface area contributed by atoms with E-state index in [9.17, 15) is 4.79 Å². The summed E-state index contributed by atoms with van der Waals surface area (Å²) in [5.74, 6) is 2.03. The molecule has 1 amide bonds. The van der Waals surface area contributed by atoms with Crippen molar-refractivity contribution in [1.82, 2.24) is 10.2 Å². The molecule has 0 radical (unpaired) electrons. The number of furan rings is 1. The first kappa shape index (κ1) is 19.0. The predicted molar refractivity (Wildman–Crippen MR) is 111 cm³/mol. The minimum absolute atomic E-state index is 0.00187. The Balaban J connectivity index is 1.42. The Morgan fingerprint density at radius 3 is 2.86 bits per heavy atom. The molecule has 150 valence electrons. The van der Waals surface area contributed by atoms with Crippen LogP contribution < -0.4 is 15.0 Å². The Hall–Kier alpha value is -3.35. The molecule has 1 unspecified atom stereocenters. The average molecular weight is 392 g/mol. The Labute approximate surface area is 169 Å². The van der Waals surface area contributed by atoms with Gasteiger partial charge in [-0.1, -0.05) is 12.1 Å². The number of hydrogen-bond donors (Lipinski definition) is 1. The molecule has 29 heavy (non-hydrogen) atoms. The third kappa shape index (κ3) is 4.39. The minimum atomic E-state index is -0.120. The highest BCUT2D eigenvalue weighted by Gasteiger charge is 2.27. The van der Waals surface area contributed by atoms with Gasteiger partial charge >= 0.3 is 0 Å². The smallest absolute Gasteiger partial charge is 0.229 e. The van der Waals surface area contributed by atoms with Gasteiger partial charge in [-0.3, -0.25) is 4.79 Å². The summed E-state index contributed by atoms with van der Waals surface area (Å²) >= 11 is 0. The minimum Gasteiger partial charge on any atom is -0.492 e. The van der Waals surface area contributed by atoms with Gasteiger partial charge in [-0.15, -0.1) is 10.2 Å². The van der Waals surface area contributed by atoms with E-state index in [0.29, 0.717) is 36.0 Å². The van der Waals surface area contributed by atoms with Gasteiger partial charge < -0.3 is 19.4 Å². The van der Waals surface area contributed by atoms with Crippen LogP contribution >= 0.6 is 0 Å². The van der Waals surface area contributed by atoms with Gasteiger partial charge in [0.15, 0.2) is 11.6 Å². The summed E-state index contributed by atoms with van der Waals surface area (Å²) in [5.41, 5.74) is 1.40. The number of hydrogen-bond acceptors (Lipinski definition) is 6. The molecule has 1 saturated heterocycles. The zero-order valence-electron chi connectivity index (χ0n) is 16.4. The van der Waals surface area contributed by atoms with E-state index in [1.54, 1.807) is 6.26 Å². The Morgan fingerprint density at radius 2 is 2.10 bits per heavy atom. The molecule has 0 bridgehead atoms. The lowest BCUT2D eigenvalue weighted by Gasteiger charge is -2.32. The summed E-state index contributed by atoms with van der Waals surface area (Å²) in [6.45, 7) is 3.94. The lowest BCUT2D eigenvalue weighted by molar-refractivity contribution is -0.120. The molecule has 1 fully saturated rings. The summed E-state index contributed by atoms with van der Waals surface area (Å²) in [6, 6.07) is 15.0. The van der Waals surface area contributed by atoms with Crippen LogP contribution in [0.4, 0.5) is 11.5 Å². The maximum Gasteiger partial charge on any atom is 0.229 e. The van der Waals surface area contributed by atoms with Crippen molar-refractivity contribution in [3.8, 4) is 17.2 Å². The number of nitrogens with zero attached hydrogens (tertiary/aromatic N) is 3. The number of piperidine rings is 1. The number of para-hydroxylation sites is 2. The van der Waals surface area contributed by atoms with Gasteiger partial charge in [-0.25, -0.2) is 0 Å². The predicted octanol–water partition coefficient (Wildman–Crippen LogP) is 3.99. The molecule has 1 aliphatic rings. The first-order valence-corrected chi connectivity index (χ1v) is 9.90. The summed E-state index contributed by atoms with van der Waals surface area (Å²) in [7, 11) is 0. The van der Waals surface area contributed by atoms with Gasteiger partial charge in [-0.2, -0.15) is 0 Å². The largest absolute Gasteiger partial charge is 0.492 e. The van der Waals surface area contributed by atoms with Crippen LogP contribution in [0.5, 0.6) is 5.75 Å². The number of ether oxygens (including phenoxy) is 1. The lowest BCUT2D eigenvalue weighted by atomic mass is 9.97. The van der Waals surface area contributed by atoms with Crippen molar-refractivity contribution in [1.29, 1.82) is 0 Å². The summed E-state index contributed by atoms with van der Waals surface area (Å²) < 4.78 is 11.0. The fourth-order valence-electron chi connectivity index (χ4n) is 3.53. The van der Waals surface area contributed by atoms with Gasteiger partial charge in [0.25, 0.3) is 0 Å². The number of anilines is 2. The maximum atomic E-state index is 12.9. The van der Waals surface area contributed by atoms with Crippen molar-refractivity contribution in [3.63, 3.8) is 0 Å². The third-order valence-corrected chi connectivity index (χ3v) is 4.99. The molecular weight excluding hydrogens is 368 g/mol. The van der Waals surface area contributed by atoms with Gasteiger partial charge in [0.1, 0.15) is 11.4 Å². The molecular formula is C22H24N4O3. The summed E-state index contributed by atoms with van der Waals surface area (Å²) in [4.78, 5) is 15.0. The Bertz CT molecular complexity index is 941. The standard InChI is InChI=1S/C22H24N4O3/c1-2-28-19-9-4-3-8-17(19)23-22(27)16-7-5-13-26(15-16)21-12-11-18(24-25-21)20-10-6-14-29-20/h3-4,6,8-12,14,16H,2,5,7,13,15H2,1H3,(H,23,27). The summed E-state index contributed by atoms with van der Waals surface area (Å²) in [6.07, 6.45) is 3.38. The van der Waals surface area contributed by atoms with Gasteiger partial charge in [0.05, 0.1) is 24.5 Å². The molecule has 1 aromatic carbocycles. The van der Waals surface area contributed by atoms with Gasteiger partial charge in [0, 0.05) is 13.1 Å². The van der Waals surface area contributed by atoms with Crippen molar-refractivity contribution in [2.45, 2.75) is 19.8 Å². The van der Waals surface area contributed by atoms with E-state index in [2.05, 4.69) is 20.4 Å². The fraction of sp³-hybridized carbons (Fsp3) is 0.318. The van der Waals surface area contributed by atoms with E-state index in [1.807, 2.05) is 55.5 Å². The van der Waals surface area contributed by atoms with Crippen LogP contribution in [-0.4, -0.2) is 35.8 Å². The van der Waals surface area contributed by atoms with E-state index < -0.39 is 0 Å². The van der Waals surface area contributed by atoms with E-state index in [0.717, 1.165) is 25.2 Å². The molecule has 2 aromatic heterocycles. The monoisotopic (exact) mass is 392 g/mol. The summed E-state index contributed by atoms with van der Waals surface area (Å²) in [5, 5.41) is 11.6. The van der Waals surface area contributed by atoms with Crippen molar-refractivity contribution in [2.24, 2.45) is 5.92 Å². The molecule has 0 saturated carbocycles.